The Kier molecular flexibility index (Phi) is 4.02. The van der Waals surface area contributed by atoms with Crippen LogP contribution in [-0.2, 0) is 4.79 Å². The maximum Gasteiger partial charge on any atom is 0.231 e. The Morgan fingerprint density at radius 1 is 1.42 bits per heavy atom. The largest absolute Gasteiger partial charge is 0.399 e. The number of hydrogen-bond donors (Lipinski definition) is 2. The molecule has 0 aliphatic heterocycles. The van der Waals surface area contributed by atoms with E-state index >= 15 is 0 Å². The predicted octanol–water partition coefficient (Wildman–Crippen LogP) is 3.06. The van der Waals surface area contributed by atoms with E-state index < -0.39 is 0 Å². The van der Waals surface area contributed by atoms with Crippen LogP contribution in [0.2, 0.25) is 5.02 Å². The maximum atomic E-state index is 12.1. The fourth-order valence-electron chi connectivity index (χ4n) is 1.69. The summed E-state index contributed by atoms with van der Waals surface area (Å²) in [6.45, 7) is 1.81. The minimum atomic E-state index is -0.320. The maximum absolute atomic E-state index is 12.1. The van der Waals surface area contributed by atoms with E-state index in [0.717, 1.165) is 5.56 Å². The minimum absolute atomic E-state index is 0.152. The van der Waals surface area contributed by atoms with Gasteiger partial charge in [0.15, 0.2) is 0 Å². The number of anilines is 2. The van der Waals surface area contributed by atoms with Crippen molar-refractivity contribution in [2.24, 2.45) is 0 Å². The van der Waals surface area contributed by atoms with E-state index in [2.05, 4.69) is 10.3 Å². The molecule has 3 N–H and O–H groups in total. The first-order valence-corrected chi connectivity index (χ1v) is 6.21. The summed E-state index contributed by atoms with van der Waals surface area (Å²) in [6, 6.07) is 8.89. The molecule has 1 aromatic heterocycles. The first-order chi connectivity index (χ1) is 9.08. The molecule has 1 amide bonds. The first kappa shape index (κ1) is 13.4. The van der Waals surface area contributed by atoms with Crippen molar-refractivity contribution in [1.82, 2.24) is 4.98 Å². The zero-order valence-corrected chi connectivity index (χ0v) is 11.2. The molecule has 1 unspecified atom stereocenters. The van der Waals surface area contributed by atoms with Crippen molar-refractivity contribution in [3.05, 3.63) is 53.3 Å². The molecule has 4 nitrogen and oxygen atoms in total. The van der Waals surface area contributed by atoms with Crippen LogP contribution in [0.15, 0.2) is 42.7 Å². The molecule has 2 rings (SSSR count). The second kappa shape index (κ2) is 5.71. The van der Waals surface area contributed by atoms with Gasteiger partial charge in [0.05, 0.1) is 22.8 Å². The van der Waals surface area contributed by atoms with Crippen molar-refractivity contribution in [3.63, 3.8) is 0 Å². The van der Waals surface area contributed by atoms with Gasteiger partial charge in [0.1, 0.15) is 0 Å². The zero-order chi connectivity index (χ0) is 13.8. The number of nitrogen functional groups attached to an aromatic ring is 1. The minimum Gasteiger partial charge on any atom is -0.399 e. The molecule has 19 heavy (non-hydrogen) atoms. The van der Waals surface area contributed by atoms with Crippen LogP contribution < -0.4 is 11.1 Å². The summed E-state index contributed by atoms with van der Waals surface area (Å²) in [5.74, 6) is -0.472. The van der Waals surface area contributed by atoms with E-state index in [9.17, 15) is 4.79 Å². The number of carbonyl (C=O) groups is 1. The van der Waals surface area contributed by atoms with Gasteiger partial charge in [-0.1, -0.05) is 23.7 Å². The molecule has 0 spiro atoms. The number of halogens is 1. The van der Waals surface area contributed by atoms with Gasteiger partial charge in [0, 0.05) is 11.9 Å². The van der Waals surface area contributed by atoms with Crippen molar-refractivity contribution in [3.8, 4) is 0 Å². The van der Waals surface area contributed by atoms with Crippen molar-refractivity contribution >= 4 is 28.9 Å². The van der Waals surface area contributed by atoms with Gasteiger partial charge in [-0.3, -0.25) is 9.78 Å². The van der Waals surface area contributed by atoms with Gasteiger partial charge < -0.3 is 11.1 Å². The lowest BCUT2D eigenvalue weighted by Gasteiger charge is -2.13. The Morgan fingerprint density at radius 2 is 2.21 bits per heavy atom. The second-order valence-corrected chi connectivity index (χ2v) is 4.64. The lowest BCUT2D eigenvalue weighted by Crippen LogP contribution is -2.19. The number of rotatable bonds is 3. The normalized spacial score (nSPS) is 11.9. The van der Waals surface area contributed by atoms with E-state index in [1.807, 2.05) is 19.1 Å². The fraction of sp³-hybridized carbons (Fsp3) is 0.143. The third kappa shape index (κ3) is 3.23. The molecule has 0 fully saturated rings. The number of carbonyl (C=O) groups excluding carboxylic acids is 1. The lowest BCUT2D eigenvalue weighted by molar-refractivity contribution is -0.117. The summed E-state index contributed by atoms with van der Waals surface area (Å²) >= 11 is 5.97. The van der Waals surface area contributed by atoms with Gasteiger partial charge in [-0.25, -0.2) is 0 Å². The molecule has 0 bridgehead atoms. The average molecular weight is 276 g/mol. The van der Waals surface area contributed by atoms with E-state index in [1.54, 1.807) is 24.4 Å². The summed E-state index contributed by atoms with van der Waals surface area (Å²) in [5, 5.41) is 3.21. The summed E-state index contributed by atoms with van der Waals surface area (Å²) < 4.78 is 0. The van der Waals surface area contributed by atoms with Gasteiger partial charge in [0.25, 0.3) is 0 Å². The van der Waals surface area contributed by atoms with Crippen molar-refractivity contribution in [1.29, 1.82) is 0 Å². The molecule has 0 aliphatic rings. The van der Waals surface area contributed by atoms with Crippen LogP contribution in [0.3, 0.4) is 0 Å². The molecule has 1 aromatic carbocycles. The number of benzene rings is 1. The highest BCUT2D eigenvalue weighted by atomic mass is 35.5. The Hall–Kier alpha value is -2.07. The fourth-order valence-corrected chi connectivity index (χ4v) is 1.84. The monoisotopic (exact) mass is 275 g/mol. The molecule has 98 valence electrons. The summed E-state index contributed by atoms with van der Waals surface area (Å²) in [6.07, 6.45) is 3.09. The topological polar surface area (TPSA) is 68.0 Å². The number of pyridine rings is 1. The third-order valence-electron chi connectivity index (χ3n) is 2.83. The van der Waals surface area contributed by atoms with Crippen LogP contribution in [0, 0.1) is 0 Å². The molecule has 1 atom stereocenters. The first-order valence-electron chi connectivity index (χ1n) is 5.83. The predicted molar refractivity (Wildman–Crippen MR) is 77.1 cm³/mol. The van der Waals surface area contributed by atoms with Crippen LogP contribution in [0.4, 0.5) is 11.4 Å². The lowest BCUT2D eigenvalue weighted by atomic mass is 10.00. The quantitative estimate of drug-likeness (QED) is 0.846. The SMILES string of the molecule is CC(C(=O)Nc1cnccc1Cl)c1cccc(N)c1. The van der Waals surface area contributed by atoms with Gasteiger partial charge in [0.2, 0.25) is 5.91 Å². The Labute approximate surface area is 116 Å². The standard InChI is InChI=1S/C14H14ClN3O/c1-9(10-3-2-4-11(16)7-10)14(19)18-13-8-17-6-5-12(13)15/h2-9H,16H2,1H3,(H,18,19). The van der Waals surface area contributed by atoms with E-state index in [-0.39, 0.29) is 11.8 Å². The van der Waals surface area contributed by atoms with E-state index in [0.29, 0.717) is 16.4 Å². The molecule has 0 saturated carbocycles. The summed E-state index contributed by atoms with van der Waals surface area (Å²) in [7, 11) is 0. The Balaban J connectivity index is 2.14. The highest BCUT2D eigenvalue weighted by molar-refractivity contribution is 6.33. The van der Waals surface area contributed by atoms with Crippen LogP contribution >= 0.6 is 11.6 Å². The third-order valence-corrected chi connectivity index (χ3v) is 3.16. The van der Waals surface area contributed by atoms with Crippen LogP contribution in [0.1, 0.15) is 18.4 Å². The number of nitrogens with zero attached hydrogens (tertiary/aromatic N) is 1. The van der Waals surface area contributed by atoms with Crippen molar-refractivity contribution < 1.29 is 4.79 Å². The van der Waals surface area contributed by atoms with E-state index in [4.69, 9.17) is 17.3 Å². The number of nitrogens with two attached hydrogens (primary N) is 1. The second-order valence-electron chi connectivity index (χ2n) is 4.24. The smallest absolute Gasteiger partial charge is 0.231 e. The van der Waals surface area contributed by atoms with E-state index in [1.165, 1.54) is 6.20 Å². The molecular formula is C14H14ClN3O. The molecule has 0 aliphatic carbocycles. The number of hydrogen-bond acceptors (Lipinski definition) is 3. The average Bonchev–Trinajstić information content (AvgIpc) is 2.40. The highest BCUT2D eigenvalue weighted by Crippen LogP contribution is 2.23. The molecule has 1 heterocycles. The van der Waals surface area contributed by atoms with Gasteiger partial charge >= 0.3 is 0 Å². The van der Waals surface area contributed by atoms with Gasteiger partial charge in [-0.05, 0) is 30.7 Å². The van der Waals surface area contributed by atoms with Crippen LogP contribution in [0.5, 0.6) is 0 Å². The molecule has 2 aromatic rings. The van der Waals surface area contributed by atoms with Crippen molar-refractivity contribution in [2.45, 2.75) is 12.8 Å². The number of amides is 1. The number of aromatic nitrogens is 1. The summed E-state index contributed by atoms with van der Waals surface area (Å²) in [5.41, 5.74) is 7.71. The van der Waals surface area contributed by atoms with Crippen molar-refractivity contribution in [2.75, 3.05) is 11.1 Å². The summed E-state index contributed by atoms with van der Waals surface area (Å²) in [4.78, 5) is 16.1. The molecular weight excluding hydrogens is 262 g/mol. The van der Waals surface area contributed by atoms with Gasteiger partial charge in [-0.15, -0.1) is 0 Å². The zero-order valence-electron chi connectivity index (χ0n) is 10.4. The highest BCUT2D eigenvalue weighted by Gasteiger charge is 2.16. The van der Waals surface area contributed by atoms with Crippen LogP contribution in [0.25, 0.3) is 0 Å². The Morgan fingerprint density at radius 3 is 2.89 bits per heavy atom. The Bertz CT molecular complexity index is 601. The molecule has 0 radical (unpaired) electrons. The molecule has 0 saturated heterocycles. The molecule has 5 heteroatoms. The van der Waals surface area contributed by atoms with Crippen LogP contribution in [-0.4, -0.2) is 10.9 Å². The van der Waals surface area contributed by atoms with Gasteiger partial charge in [-0.2, -0.15) is 0 Å². The number of nitrogens with one attached hydrogen (secondary N) is 1.